The highest BCUT2D eigenvalue weighted by Crippen LogP contribution is 2.36. The van der Waals surface area contributed by atoms with E-state index in [1.807, 2.05) is 0 Å². The van der Waals surface area contributed by atoms with E-state index in [-0.39, 0.29) is 42.3 Å². The number of benzene rings is 2. The van der Waals surface area contributed by atoms with Crippen LogP contribution in [-0.2, 0) is 23.2 Å². The summed E-state index contributed by atoms with van der Waals surface area (Å²) in [4.78, 5) is 13.0. The summed E-state index contributed by atoms with van der Waals surface area (Å²) in [5.41, 5.74) is 1.62. The molecule has 198 valence electrons. The van der Waals surface area contributed by atoms with Crippen molar-refractivity contribution in [3.63, 3.8) is 0 Å². The van der Waals surface area contributed by atoms with E-state index in [1.54, 1.807) is 24.3 Å². The number of rotatable bonds is 7. The number of nitrogens with one attached hydrogen (secondary N) is 1. The van der Waals surface area contributed by atoms with Crippen LogP contribution < -0.4 is 19.8 Å². The number of fused-ring (bicyclic) bond motifs is 1. The summed E-state index contributed by atoms with van der Waals surface area (Å²) < 4.78 is 61.6. The van der Waals surface area contributed by atoms with Crippen LogP contribution in [-0.4, -0.2) is 43.2 Å². The smallest absolute Gasteiger partial charge is 0.303 e. The fraction of sp³-hybridized carbons (Fsp3) is 0.200. The number of hydrogen-bond donors (Lipinski definition) is 1. The van der Waals surface area contributed by atoms with Gasteiger partial charge in [-0.1, -0.05) is 22.8 Å². The number of hydrogen-bond acceptors (Lipinski definition) is 7. The van der Waals surface area contributed by atoms with E-state index in [0.29, 0.717) is 27.6 Å². The molecule has 0 atom stereocenters. The summed E-state index contributed by atoms with van der Waals surface area (Å²) in [5, 5.41) is 3.94. The minimum atomic E-state index is -3.93. The van der Waals surface area contributed by atoms with Crippen LogP contribution in [0.3, 0.4) is 0 Å². The second kappa shape index (κ2) is 10.1. The van der Waals surface area contributed by atoms with Crippen molar-refractivity contribution in [2.75, 3.05) is 25.5 Å². The second-order valence-corrected chi connectivity index (χ2v) is 10.5. The number of aromatic nitrogens is 2. The second-order valence-electron chi connectivity index (χ2n) is 8.44. The Hall–Kier alpha value is -3.87. The zero-order chi connectivity index (χ0) is 27.0. The van der Waals surface area contributed by atoms with Crippen LogP contribution in [0.2, 0.25) is 5.02 Å². The molecule has 3 heterocycles. The van der Waals surface area contributed by atoms with E-state index in [9.17, 15) is 13.2 Å². The summed E-state index contributed by atoms with van der Waals surface area (Å²) in [6, 6.07) is 11.8. The molecular formula is C25H22ClFN4O6S. The zero-order valence-electron chi connectivity index (χ0n) is 20.3. The molecule has 0 saturated carbocycles. The Balaban J connectivity index is 1.55. The molecule has 0 aliphatic carbocycles. The molecule has 10 nitrogen and oxygen atoms in total. The van der Waals surface area contributed by atoms with E-state index >= 15 is 4.39 Å². The van der Waals surface area contributed by atoms with Gasteiger partial charge in [-0.15, -0.1) is 0 Å². The first-order valence-corrected chi connectivity index (χ1v) is 13.2. The molecule has 5 rings (SSSR count). The lowest BCUT2D eigenvalue weighted by Gasteiger charge is -2.30. The third kappa shape index (κ3) is 4.85. The number of ether oxygens (including phenoxy) is 2. The van der Waals surface area contributed by atoms with Gasteiger partial charge in [-0.05, 0) is 35.4 Å². The summed E-state index contributed by atoms with van der Waals surface area (Å²) in [7, 11) is -1.03. The van der Waals surface area contributed by atoms with Gasteiger partial charge in [0.25, 0.3) is 5.56 Å². The first kappa shape index (κ1) is 25.8. The van der Waals surface area contributed by atoms with Gasteiger partial charge in [-0.2, -0.15) is 12.7 Å². The first-order valence-electron chi connectivity index (χ1n) is 11.3. The molecule has 13 heteroatoms. The Morgan fingerprint density at radius 3 is 2.63 bits per heavy atom. The van der Waals surface area contributed by atoms with E-state index < -0.39 is 21.6 Å². The number of methoxy groups -OCH3 is 2. The van der Waals surface area contributed by atoms with Gasteiger partial charge in [0.2, 0.25) is 0 Å². The maximum Gasteiger partial charge on any atom is 0.303 e. The fourth-order valence-corrected chi connectivity index (χ4v) is 5.77. The SMILES string of the molecule is COc1cc(Cl)cc(-c2cc(OC)c(-n3c4c(ccc3=O)CN(S(=O)(=O)Nc3ccon3)CC4)cc2F)c1. The van der Waals surface area contributed by atoms with Crippen molar-refractivity contribution in [2.24, 2.45) is 0 Å². The van der Waals surface area contributed by atoms with Crippen molar-refractivity contribution in [3.05, 3.63) is 87.2 Å². The van der Waals surface area contributed by atoms with Gasteiger partial charge >= 0.3 is 10.2 Å². The van der Waals surface area contributed by atoms with Gasteiger partial charge in [-0.3, -0.25) is 14.1 Å². The average molecular weight is 561 g/mol. The van der Waals surface area contributed by atoms with Gasteiger partial charge in [0.05, 0.1) is 19.9 Å². The molecule has 38 heavy (non-hydrogen) atoms. The molecule has 0 fully saturated rings. The Morgan fingerprint density at radius 1 is 1.11 bits per heavy atom. The summed E-state index contributed by atoms with van der Waals surface area (Å²) in [6.07, 6.45) is 1.45. The maximum atomic E-state index is 15.5. The van der Waals surface area contributed by atoms with Gasteiger partial charge < -0.3 is 14.0 Å². The Labute approximate surface area is 222 Å². The lowest BCUT2D eigenvalue weighted by molar-refractivity contribution is 0.384. The highest BCUT2D eigenvalue weighted by molar-refractivity contribution is 7.90. The zero-order valence-corrected chi connectivity index (χ0v) is 21.8. The van der Waals surface area contributed by atoms with Crippen LogP contribution >= 0.6 is 11.6 Å². The molecule has 0 spiro atoms. The molecule has 1 aliphatic rings. The average Bonchev–Trinajstić information content (AvgIpc) is 3.40. The van der Waals surface area contributed by atoms with Crippen LogP contribution in [0, 0.1) is 5.82 Å². The van der Waals surface area contributed by atoms with Crippen LogP contribution in [0.1, 0.15) is 11.3 Å². The Morgan fingerprint density at radius 2 is 1.92 bits per heavy atom. The monoisotopic (exact) mass is 560 g/mol. The van der Waals surface area contributed by atoms with Crippen LogP contribution in [0.25, 0.3) is 16.8 Å². The van der Waals surface area contributed by atoms with Gasteiger partial charge in [0.1, 0.15) is 23.6 Å². The topological polar surface area (TPSA) is 116 Å². The van der Waals surface area contributed by atoms with Crippen molar-refractivity contribution in [3.8, 4) is 28.3 Å². The summed E-state index contributed by atoms with van der Waals surface area (Å²) in [6.45, 7) is 0.0722. The molecule has 2 aromatic heterocycles. The lowest BCUT2D eigenvalue weighted by Crippen LogP contribution is -2.41. The molecule has 4 aromatic rings. The minimum absolute atomic E-state index is 0.00596. The fourth-order valence-electron chi connectivity index (χ4n) is 4.40. The lowest BCUT2D eigenvalue weighted by atomic mass is 10.0. The maximum absolute atomic E-state index is 15.5. The largest absolute Gasteiger partial charge is 0.497 e. The molecule has 0 radical (unpaired) electrons. The number of anilines is 1. The van der Waals surface area contributed by atoms with E-state index in [4.69, 9.17) is 21.1 Å². The van der Waals surface area contributed by atoms with E-state index in [0.717, 1.165) is 0 Å². The predicted molar refractivity (Wildman–Crippen MR) is 139 cm³/mol. The molecule has 0 bridgehead atoms. The Bertz CT molecular complexity index is 1670. The summed E-state index contributed by atoms with van der Waals surface area (Å²) >= 11 is 6.18. The molecule has 0 unspecified atom stereocenters. The molecule has 0 saturated heterocycles. The normalized spacial score (nSPS) is 13.7. The summed E-state index contributed by atoms with van der Waals surface area (Å²) in [5.74, 6) is 0.157. The molecule has 1 N–H and O–H groups in total. The minimum Gasteiger partial charge on any atom is -0.497 e. The van der Waals surface area contributed by atoms with Crippen LogP contribution in [0.15, 0.2) is 64.1 Å². The standard InChI is InChI=1S/C25H22ClFN4O6S/c1-35-18-10-16(9-17(26)11-18)19-12-23(36-2)22(13-20(19)27)31-21-5-7-30(14-15(21)3-4-25(31)32)38(33,34)29-24-6-8-37-28-24/h3-4,6,8-13H,5,7,14H2,1-2H3,(H,28,29). The molecule has 2 aromatic carbocycles. The number of pyridine rings is 1. The Kier molecular flexibility index (Phi) is 6.86. The van der Waals surface area contributed by atoms with Crippen molar-refractivity contribution < 1.29 is 26.8 Å². The van der Waals surface area contributed by atoms with Crippen molar-refractivity contribution >= 4 is 27.6 Å². The third-order valence-corrected chi connectivity index (χ3v) is 7.85. The number of nitrogens with zero attached hydrogens (tertiary/aromatic N) is 3. The van der Waals surface area contributed by atoms with Crippen LogP contribution in [0.4, 0.5) is 10.2 Å². The van der Waals surface area contributed by atoms with E-state index in [1.165, 1.54) is 53.6 Å². The molecule has 1 aliphatic heterocycles. The predicted octanol–water partition coefficient (Wildman–Crippen LogP) is 4.02. The van der Waals surface area contributed by atoms with Crippen molar-refractivity contribution in [1.82, 2.24) is 14.0 Å². The molecular weight excluding hydrogens is 539 g/mol. The first-order chi connectivity index (χ1) is 18.2. The van der Waals surface area contributed by atoms with Crippen molar-refractivity contribution in [1.29, 1.82) is 0 Å². The third-order valence-electron chi connectivity index (χ3n) is 6.17. The van der Waals surface area contributed by atoms with E-state index in [2.05, 4.69) is 14.4 Å². The van der Waals surface area contributed by atoms with Gasteiger partial charge in [-0.25, -0.2) is 4.39 Å². The van der Waals surface area contributed by atoms with Gasteiger partial charge in [0.15, 0.2) is 5.82 Å². The van der Waals surface area contributed by atoms with Crippen LogP contribution in [0.5, 0.6) is 11.5 Å². The van der Waals surface area contributed by atoms with Crippen molar-refractivity contribution in [2.45, 2.75) is 13.0 Å². The number of halogens is 2. The van der Waals surface area contributed by atoms with Gasteiger partial charge in [0, 0.05) is 54.0 Å². The highest BCUT2D eigenvalue weighted by Gasteiger charge is 2.30. The quantitative estimate of drug-likeness (QED) is 0.363. The molecule has 0 amide bonds. The highest BCUT2D eigenvalue weighted by atomic mass is 35.5.